The summed E-state index contributed by atoms with van der Waals surface area (Å²) in [7, 11) is 0. The molecular weight excluding hydrogens is 168 g/mol. The molecule has 0 unspecified atom stereocenters. The molecule has 0 aliphatic carbocycles. The summed E-state index contributed by atoms with van der Waals surface area (Å²) < 4.78 is 0. The van der Waals surface area contributed by atoms with Gasteiger partial charge in [-0.2, -0.15) is 0 Å². The molecule has 2 nitrogen and oxygen atoms in total. The van der Waals surface area contributed by atoms with Crippen LogP contribution in [0.15, 0.2) is 23.4 Å². The number of nitrogens with two attached hydrogens (primary N) is 1. The van der Waals surface area contributed by atoms with Gasteiger partial charge in [-0.15, -0.1) is 11.8 Å². The molecule has 1 aromatic heterocycles. The molecule has 0 aromatic carbocycles. The Labute approximate surface area is 77.6 Å². The third-order valence-electron chi connectivity index (χ3n) is 1.57. The molecule has 66 valence electrons. The third kappa shape index (κ3) is 2.22. The van der Waals surface area contributed by atoms with Crippen LogP contribution in [0, 0.1) is 0 Å². The summed E-state index contributed by atoms with van der Waals surface area (Å²) in [6.45, 7) is 4.10. The van der Waals surface area contributed by atoms with Crippen LogP contribution >= 0.6 is 11.8 Å². The molecule has 0 spiro atoms. The fraction of sp³-hybridized carbons (Fsp3) is 0.444. The molecule has 0 aliphatic heterocycles. The van der Waals surface area contributed by atoms with Gasteiger partial charge in [0.1, 0.15) is 5.03 Å². The molecule has 0 aliphatic rings. The first-order valence-electron chi connectivity index (χ1n) is 4.09. The number of thioether (sulfide) groups is 1. The van der Waals surface area contributed by atoms with E-state index in [0.29, 0.717) is 0 Å². The Morgan fingerprint density at radius 1 is 1.67 bits per heavy atom. The van der Waals surface area contributed by atoms with E-state index >= 15 is 0 Å². The van der Waals surface area contributed by atoms with Gasteiger partial charge in [-0.3, -0.25) is 0 Å². The third-order valence-corrected chi connectivity index (χ3v) is 2.48. The van der Waals surface area contributed by atoms with E-state index in [1.807, 2.05) is 25.3 Å². The molecule has 12 heavy (non-hydrogen) atoms. The minimum Gasteiger partial charge on any atom is -0.324 e. The first kappa shape index (κ1) is 9.55. The van der Waals surface area contributed by atoms with Gasteiger partial charge in [0.15, 0.2) is 0 Å². The fourth-order valence-corrected chi connectivity index (χ4v) is 1.84. The monoisotopic (exact) mass is 182 g/mol. The van der Waals surface area contributed by atoms with Crippen molar-refractivity contribution >= 4 is 11.8 Å². The van der Waals surface area contributed by atoms with Gasteiger partial charge in [-0.25, -0.2) is 4.98 Å². The van der Waals surface area contributed by atoms with Crippen LogP contribution in [0.5, 0.6) is 0 Å². The molecule has 0 saturated heterocycles. The highest BCUT2D eigenvalue weighted by atomic mass is 32.2. The Bertz CT molecular complexity index is 248. The fourth-order valence-electron chi connectivity index (χ4n) is 1.01. The molecule has 2 N–H and O–H groups in total. The Hall–Kier alpha value is -0.540. The van der Waals surface area contributed by atoms with Crippen molar-refractivity contribution in [3.05, 3.63) is 23.9 Å². The Morgan fingerprint density at radius 3 is 3.00 bits per heavy atom. The molecule has 0 saturated carbocycles. The minimum atomic E-state index is 0.0766. The number of hydrogen-bond acceptors (Lipinski definition) is 3. The first-order valence-corrected chi connectivity index (χ1v) is 5.07. The maximum atomic E-state index is 5.79. The van der Waals surface area contributed by atoms with E-state index < -0.39 is 0 Å². The zero-order valence-electron chi connectivity index (χ0n) is 7.45. The lowest BCUT2D eigenvalue weighted by Gasteiger charge is -2.09. The summed E-state index contributed by atoms with van der Waals surface area (Å²) >= 11 is 1.74. The second-order valence-electron chi connectivity index (χ2n) is 2.62. The minimum absolute atomic E-state index is 0.0766. The van der Waals surface area contributed by atoms with Gasteiger partial charge in [-0.1, -0.05) is 13.0 Å². The SMILES string of the molecule is CCSc1ncccc1[C@@H](C)N. The molecule has 0 amide bonds. The van der Waals surface area contributed by atoms with Crippen molar-refractivity contribution < 1.29 is 0 Å². The van der Waals surface area contributed by atoms with E-state index in [1.54, 1.807) is 11.8 Å². The standard InChI is InChI=1S/C9H14N2S/c1-3-12-9-8(7(2)10)5-4-6-11-9/h4-7H,3,10H2,1-2H3/t7-/m1/s1. The van der Waals surface area contributed by atoms with Crippen molar-refractivity contribution in [3.8, 4) is 0 Å². The van der Waals surface area contributed by atoms with Gasteiger partial charge in [0.25, 0.3) is 0 Å². The predicted octanol–water partition coefficient (Wildman–Crippen LogP) is 2.21. The highest BCUT2D eigenvalue weighted by Crippen LogP contribution is 2.23. The van der Waals surface area contributed by atoms with Gasteiger partial charge in [0.2, 0.25) is 0 Å². The van der Waals surface area contributed by atoms with E-state index in [-0.39, 0.29) is 6.04 Å². The first-order chi connectivity index (χ1) is 5.75. The van der Waals surface area contributed by atoms with E-state index in [1.165, 1.54) is 0 Å². The van der Waals surface area contributed by atoms with Crippen LogP contribution < -0.4 is 5.73 Å². The molecule has 0 fully saturated rings. The van der Waals surface area contributed by atoms with Crippen LogP contribution in [-0.2, 0) is 0 Å². The second-order valence-corrected chi connectivity index (χ2v) is 3.87. The predicted molar refractivity (Wildman–Crippen MR) is 53.2 cm³/mol. The van der Waals surface area contributed by atoms with Crippen LogP contribution in [0.3, 0.4) is 0 Å². The van der Waals surface area contributed by atoms with Crippen molar-refractivity contribution in [2.24, 2.45) is 5.73 Å². The largest absolute Gasteiger partial charge is 0.324 e. The molecular formula is C9H14N2S. The van der Waals surface area contributed by atoms with Crippen molar-refractivity contribution in [2.45, 2.75) is 24.9 Å². The Kier molecular flexibility index (Phi) is 3.56. The summed E-state index contributed by atoms with van der Waals surface area (Å²) in [4.78, 5) is 4.27. The van der Waals surface area contributed by atoms with Gasteiger partial charge >= 0.3 is 0 Å². The van der Waals surface area contributed by atoms with Crippen LogP contribution in [0.25, 0.3) is 0 Å². The van der Waals surface area contributed by atoms with Gasteiger partial charge in [0.05, 0.1) is 0 Å². The molecule has 1 rings (SSSR count). The van der Waals surface area contributed by atoms with Crippen molar-refractivity contribution in [3.63, 3.8) is 0 Å². The summed E-state index contributed by atoms with van der Waals surface area (Å²) in [5, 5.41) is 1.06. The van der Waals surface area contributed by atoms with Crippen molar-refractivity contribution in [2.75, 3.05) is 5.75 Å². The van der Waals surface area contributed by atoms with Crippen LogP contribution in [0.4, 0.5) is 0 Å². The molecule has 1 heterocycles. The van der Waals surface area contributed by atoms with Crippen molar-refractivity contribution in [1.29, 1.82) is 0 Å². The molecule has 1 aromatic rings. The molecule has 3 heteroatoms. The Balaban J connectivity index is 2.92. The van der Waals surface area contributed by atoms with Gasteiger partial charge < -0.3 is 5.73 Å². The van der Waals surface area contributed by atoms with E-state index in [2.05, 4.69) is 11.9 Å². The van der Waals surface area contributed by atoms with E-state index in [9.17, 15) is 0 Å². The van der Waals surface area contributed by atoms with Crippen LogP contribution in [-0.4, -0.2) is 10.7 Å². The molecule has 0 radical (unpaired) electrons. The maximum Gasteiger partial charge on any atom is 0.101 e. The number of hydrogen-bond donors (Lipinski definition) is 1. The zero-order chi connectivity index (χ0) is 8.97. The summed E-state index contributed by atoms with van der Waals surface area (Å²) in [6, 6.07) is 4.04. The number of rotatable bonds is 3. The summed E-state index contributed by atoms with van der Waals surface area (Å²) in [5.41, 5.74) is 6.93. The number of aromatic nitrogens is 1. The lowest BCUT2D eigenvalue weighted by Crippen LogP contribution is -2.07. The molecule has 0 bridgehead atoms. The smallest absolute Gasteiger partial charge is 0.101 e. The Morgan fingerprint density at radius 2 is 2.42 bits per heavy atom. The lowest BCUT2D eigenvalue weighted by atomic mass is 10.2. The van der Waals surface area contributed by atoms with E-state index in [4.69, 9.17) is 5.73 Å². The van der Waals surface area contributed by atoms with Crippen molar-refractivity contribution in [1.82, 2.24) is 4.98 Å². The summed E-state index contributed by atoms with van der Waals surface area (Å²) in [6.07, 6.45) is 1.81. The zero-order valence-corrected chi connectivity index (χ0v) is 8.27. The van der Waals surface area contributed by atoms with Gasteiger partial charge in [-0.05, 0) is 18.7 Å². The summed E-state index contributed by atoms with van der Waals surface area (Å²) in [5.74, 6) is 1.04. The highest BCUT2D eigenvalue weighted by Gasteiger charge is 2.06. The average Bonchev–Trinajstić information content (AvgIpc) is 2.05. The normalized spacial score (nSPS) is 12.9. The number of pyridine rings is 1. The maximum absolute atomic E-state index is 5.79. The molecule has 1 atom stereocenters. The highest BCUT2D eigenvalue weighted by molar-refractivity contribution is 7.99. The van der Waals surface area contributed by atoms with Gasteiger partial charge in [0, 0.05) is 17.8 Å². The second kappa shape index (κ2) is 4.48. The topological polar surface area (TPSA) is 38.9 Å². The van der Waals surface area contributed by atoms with Crippen LogP contribution in [0.2, 0.25) is 0 Å². The average molecular weight is 182 g/mol. The quantitative estimate of drug-likeness (QED) is 0.728. The lowest BCUT2D eigenvalue weighted by molar-refractivity contribution is 0.779. The van der Waals surface area contributed by atoms with Crippen LogP contribution in [0.1, 0.15) is 25.5 Å². The number of nitrogens with zero attached hydrogens (tertiary/aromatic N) is 1. The van der Waals surface area contributed by atoms with E-state index in [0.717, 1.165) is 16.3 Å².